The van der Waals surface area contributed by atoms with E-state index < -0.39 is 4.92 Å². The van der Waals surface area contributed by atoms with E-state index in [1.165, 1.54) is 6.20 Å². The summed E-state index contributed by atoms with van der Waals surface area (Å²) in [5.41, 5.74) is 7.63. The average molecular weight is 233 g/mol. The summed E-state index contributed by atoms with van der Waals surface area (Å²) in [5, 5.41) is 10.9. The van der Waals surface area contributed by atoms with Crippen LogP contribution in [0.25, 0.3) is 5.57 Å². The van der Waals surface area contributed by atoms with Gasteiger partial charge in [0, 0.05) is 12.2 Å². The highest BCUT2D eigenvalue weighted by molar-refractivity contribution is 5.73. The maximum atomic E-state index is 10.9. The fourth-order valence-corrected chi connectivity index (χ4v) is 2.08. The van der Waals surface area contributed by atoms with Crippen molar-refractivity contribution in [2.45, 2.75) is 25.8 Å². The van der Waals surface area contributed by atoms with E-state index in [4.69, 9.17) is 5.73 Å². The Hall–Kier alpha value is -1.75. The van der Waals surface area contributed by atoms with Crippen molar-refractivity contribution in [1.29, 1.82) is 0 Å². The zero-order chi connectivity index (χ0) is 12.4. The minimum absolute atomic E-state index is 0.0217. The molecule has 2 unspecified atom stereocenters. The summed E-state index contributed by atoms with van der Waals surface area (Å²) >= 11 is 0. The van der Waals surface area contributed by atoms with Crippen LogP contribution in [0.1, 0.15) is 25.3 Å². The Bertz CT molecular complexity index is 471. The Morgan fingerprint density at radius 3 is 3.00 bits per heavy atom. The zero-order valence-electron chi connectivity index (χ0n) is 9.67. The molecule has 1 aliphatic carbocycles. The van der Waals surface area contributed by atoms with Crippen LogP contribution in [0, 0.1) is 16.0 Å². The number of nitrogens with two attached hydrogens (primary N) is 1. The quantitative estimate of drug-likeness (QED) is 0.626. The summed E-state index contributed by atoms with van der Waals surface area (Å²) in [6.45, 7) is 2.10. The van der Waals surface area contributed by atoms with Crippen LogP contribution in [0.5, 0.6) is 0 Å². The van der Waals surface area contributed by atoms with Gasteiger partial charge in [-0.3, -0.25) is 15.1 Å². The molecule has 2 rings (SSSR count). The molecular weight excluding hydrogens is 218 g/mol. The Morgan fingerprint density at radius 1 is 1.59 bits per heavy atom. The molecule has 90 valence electrons. The molecule has 5 nitrogen and oxygen atoms in total. The molecule has 5 heteroatoms. The summed E-state index contributed by atoms with van der Waals surface area (Å²) in [7, 11) is 0. The molecule has 0 aliphatic heterocycles. The number of hydrogen-bond acceptors (Lipinski definition) is 4. The molecule has 0 saturated carbocycles. The molecule has 1 heterocycles. The second-order valence-corrected chi connectivity index (χ2v) is 4.44. The lowest BCUT2D eigenvalue weighted by atomic mass is 9.84. The minimum Gasteiger partial charge on any atom is -0.324 e. The number of aromatic nitrogens is 1. The molecule has 17 heavy (non-hydrogen) atoms. The van der Waals surface area contributed by atoms with Crippen molar-refractivity contribution in [3.8, 4) is 0 Å². The Morgan fingerprint density at radius 2 is 2.35 bits per heavy atom. The van der Waals surface area contributed by atoms with Crippen molar-refractivity contribution >= 4 is 11.3 Å². The highest BCUT2D eigenvalue weighted by atomic mass is 16.6. The molecule has 0 aromatic carbocycles. The van der Waals surface area contributed by atoms with Crippen LogP contribution in [0.2, 0.25) is 0 Å². The normalized spacial score (nSPS) is 24.2. The van der Waals surface area contributed by atoms with Crippen LogP contribution in [0.4, 0.5) is 5.69 Å². The van der Waals surface area contributed by atoms with E-state index >= 15 is 0 Å². The molecule has 1 aromatic rings. The van der Waals surface area contributed by atoms with E-state index in [0.29, 0.717) is 11.5 Å². The first-order valence-electron chi connectivity index (χ1n) is 5.64. The number of nitrogens with zero attached hydrogens (tertiary/aromatic N) is 2. The second kappa shape index (κ2) is 4.63. The molecule has 1 aromatic heterocycles. The molecule has 1 aliphatic rings. The first kappa shape index (κ1) is 11.7. The highest BCUT2D eigenvalue weighted by Crippen LogP contribution is 2.33. The molecule has 2 atom stereocenters. The van der Waals surface area contributed by atoms with E-state index in [0.717, 1.165) is 18.4 Å². The first-order valence-corrected chi connectivity index (χ1v) is 5.64. The van der Waals surface area contributed by atoms with Crippen LogP contribution < -0.4 is 5.73 Å². The molecule has 0 amide bonds. The predicted molar refractivity (Wildman–Crippen MR) is 65.2 cm³/mol. The van der Waals surface area contributed by atoms with E-state index in [2.05, 4.69) is 11.9 Å². The van der Waals surface area contributed by atoms with Crippen molar-refractivity contribution in [3.63, 3.8) is 0 Å². The van der Waals surface area contributed by atoms with Crippen LogP contribution in [-0.2, 0) is 0 Å². The van der Waals surface area contributed by atoms with Gasteiger partial charge >= 0.3 is 0 Å². The molecule has 0 saturated heterocycles. The largest absolute Gasteiger partial charge is 0.324 e. The Kier molecular flexibility index (Phi) is 3.19. The van der Waals surface area contributed by atoms with Gasteiger partial charge in [-0.2, -0.15) is 0 Å². The zero-order valence-corrected chi connectivity index (χ0v) is 9.67. The Balaban J connectivity index is 2.41. The summed E-state index contributed by atoms with van der Waals surface area (Å²) < 4.78 is 0. The molecule has 0 bridgehead atoms. The highest BCUT2D eigenvalue weighted by Gasteiger charge is 2.23. The van der Waals surface area contributed by atoms with Crippen molar-refractivity contribution in [2.24, 2.45) is 11.7 Å². The van der Waals surface area contributed by atoms with Crippen LogP contribution in [0.15, 0.2) is 24.5 Å². The van der Waals surface area contributed by atoms with Crippen molar-refractivity contribution in [2.75, 3.05) is 0 Å². The predicted octanol–water partition coefficient (Wildman–Crippen LogP) is 2.13. The van der Waals surface area contributed by atoms with Gasteiger partial charge in [0.15, 0.2) is 0 Å². The number of nitro groups is 1. The average Bonchev–Trinajstić information content (AvgIpc) is 2.32. The maximum absolute atomic E-state index is 10.9. The molecule has 2 N–H and O–H groups in total. The molecule has 0 spiro atoms. The summed E-state index contributed by atoms with van der Waals surface area (Å²) in [6, 6.07) is 1.67. The maximum Gasteiger partial charge on any atom is 0.294 e. The monoisotopic (exact) mass is 233 g/mol. The first-order chi connectivity index (χ1) is 8.09. The number of rotatable bonds is 2. The van der Waals surface area contributed by atoms with Gasteiger partial charge in [0.05, 0.1) is 10.5 Å². The van der Waals surface area contributed by atoms with Crippen LogP contribution >= 0.6 is 0 Å². The van der Waals surface area contributed by atoms with Gasteiger partial charge in [-0.1, -0.05) is 13.0 Å². The van der Waals surface area contributed by atoms with Crippen LogP contribution in [0.3, 0.4) is 0 Å². The molecule has 0 radical (unpaired) electrons. The second-order valence-electron chi connectivity index (χ2n) is 4.44. The van der Waals surface area contributed by atoms with Gasteiger partial charge in [-0.15, -0.1) is 0 Å². The van der Waals surface area contributed by atoms with Gasteiger partial charge in [-0.05, 0) is 30.4 Å². The van der Waals surface area contributed by atoms with Gasteiger partial charge in [-0.25, -0.2) is 0 Å². The topological polar surface area (TPSA) is 82.0 Å². The van der Waals surface area contributed by atoms with E-state index in [1.807, 2.05) is 6.08 Å². The van der Waals surface area contributed by atoms with E-state index in [1.54, 1.807) is 12.3 Å². The third kappa shape index (κ3) is 2.34. The lowest BCUT2D eigenvalue weighted by molar-refractivity contribution is -0.385. The molecule has 0 fully saturated rings. The number of pyridine rings is 1. The van der Waals surface area contributed by atoms with E-state index in [9.17, 15) is 10.1 Å². The van der Waals surface area contributed by atoms with Crippen molar-refractivity contribution < 1.29 is 4.92 Å². The number of allylic oxidation sites excluding steroid dienone is 1. The Labute approximate surface area is 99.5 Å². The SMILES string of the molecule is CC1CCC(c2ccncc2[N+](=O)[O-])=CC1N. The van der Waals surface area contributed by atoms with Gasteiger partial charge < -0.3 is 5.73 Å². The van der Waals surface area contributed by atoms with Crippen LogP contribution in [-0.4, -0.2) is 15.9 Å². The summed E-state index contributed by atoms with van der Waals surface area (Å²) in [5.74, 6) is 0.430. The number of hydrogen-bond donors (Lipinski definition) is 1. The van der Waals surface area contributed by atoms with Crippen molar-refractivity contribution in [1.82, 2.24) is 4.98 Å². The summed E-state index contributed by atoms with van der Waals surface area (Å²) in [4.78, 5) is 14.3. The standard InChI is InChI=1S/C12H15N3O2/c1-8-2-3-9(6-11(8)13)10-4-5-14-7-12(10)15(16)17/h4-8,11H,2-3,13H2,1H3. The van der Waals surface area contributed by atoms with Gasteiger partial charge in [0.2, 0.25) is 0 Å². The third-order valence-electron chi connectivity index (χ3n) is 3.26. The minimum atomic E-state index is -0.396. The van der Waals surface area contributed by atoms with Crippen molar-refractivity contribution in [3.05, 3.63) is 40.2 Å². The van der Waals surface area contributed by atoms with Gasteiger partial charge in [0.1, 0.15) is 6.20 Å². The third-order valence-corrected chi connectivity index (χ3v) is 3.26. The van der Waals surface area contributed by atoms with Gasteiger partial charge in [0.25, 0.3) is 5.69 Å². The molecular formula is C12H15N3O2. The lowest BCUT2D eigenvalue weighted by Crippen LogP contribution is -2.28. The van der Waals surface area contributed by atoms with E-state index in [-0.39, 0.29) is 11.7 Å². The smallest absolute Gasteiger partial charge is 0.294 e. The fraction of sp³-hybridized carbons (Fsp3) is 0.417. The lowest BCUT2D eigenvalue weighted by Gasteiger charge is -2.24. The summed E-state index contributed by atoms with van der Waals surface area (Å²) in [6.07, 6.45) is 6.61. The fourth-order valence-electron chi connectivity index (χ4n) is 2.08.